The minimum atomic E-state index is -3.52. The van der Waals surface area contributed by atoms with E-state index >= 15 is 0 Å². The van der Waals surface area contributed by atoms with Gasteiger partial charge in [0.2, 0.25) is 10.0 Å². The molecule has 0 radical (unpaired) electrons. The third-order valence-electron chi connectivity index (χ3n) is 3.30. The van der Waals surface area contributed by atoms with Crippen molar-refractivity contribution in [1.82, 2.24) is 4.31 Å². The molecule has 104 valence electrons. The molecule has 0 amide bonds. The van der Waals surface area contributed by atoms with Crippen LogP contribution < -0.4 is 0 Å². The van der Waals surface area contributed by atoms with Gasteiger partial charge < -0.3 is 0 Å². The van der Waals surface area contributed by atoms with Crippen LogP contribution in [0.2, 0.25) is 0 Å². The van der Waals surface area contributed by atoms with Crippen molar-refractivity contribution in [1.29, 1.82) is 0 Å². The highest BCUT2D eigenvalue weighted by Gasteiger charge is 2.27. The highest BCUT2D eigenvalue weighted by Crippen LogP contribution is 2.25. The summed E-state index contributed by atoms with van der Waals surface area (Å²) in [6, 6.07) is 3.87. The van der Waals surface area contributed by atoms with Gasteiger partial charge in [-0.25, -0.2) is 8.42 Å². The number of rotatable bonds is 3. The Hall–Kier alpha value is -1.47. The molecule has 0 N–H and O–H groups in total. The molecular weight excluding hydrogens is 268 g/mol. The number of piperidine rings is 1. The maximum Gasteiger partial charge on any atom is 0.269 e. The first-order valence-corrected chi connectivity index (χ1v) is 7.62. The number of hydrogen-bond acceptors (Lipinski definition) is 4. The lowest BCUT2D eigenvalue weighted by atomic mass is 10.2. The fraction of sp³-hybridized carbons (Fsp3) is 0.500. The molecule has 1 fully saturated rings. The second-order valence-electron chi connectivity index (χ2n) is 4.67. The van der Waals surface area contributed by atoms with Crippen molar-refractivity contribution < 1.29 is 13.3 Å². The van der Waals surface area contributed by atoms with Gasteiger partial charge in [-0.3, -0.25) is 10.1 Å². The molecular formula is C12H16N2O4S. The molecule has 19 heavy (non-hydrogen) atoms. The van der Waals surface area contributed by atoms with Gasteiger partial charge in [-0.15, -0.1) is 0 Å². The summed E-state index contributed by atoms with van der Waals surface area (Å²) in [5.41, 5.74) is 0.329. The monoisotopic (exact) mass is 284 g/mol. The SMILES string of the molecule is Cc1cc([N+](=O)[O-])ccc1S(=O)(=O)N1CCCCC1. The van der Waals surface area contributed by atoms with Gasteiger partial charge in [0, 0.05) is 25.2 Å². The van der Waals surface area contributed by atoms with Crippen molar-refractivity contribution in [2.45, 2.75) is 31.1 Å². The Balaban J connectivity index is 2.37. The van der Waals surface area contributed by atoms with Gasteiger partial charge in [0.25, 0.3) is 5.69 Å². The first-order valence-electron chi connectivity index (χ1n) is 6.18. The molecule has 0 aromatic heterocycles. The van der Waals surface area contributed by atoms with Gasteiger partial charge >= 0.3 is 0 Å². The Morgan fingerprint density at radius 2 is 1.84 bits per heavy atom. The lowest BCUT2D eigenvalue weighted by Crippen LogP contribution is -2.35. The highest BCUT2D eigenvalue weighted by atomic mass is 32.2. The third-order valence-corrected chi connectivity index (χ3v) is 5.36. The Labute approximate surface area is 112 Å². The van der Waals surface area contributed by atoms with Crippen molar-refractivity contribution >= 4 is 15.7 Å². The Morgan fingerprint density at radius 1 is 1.21 bits per heavy atom. The maximum absolute atomic E-state index is 12.4. The average molecular weight is 284 g/mol. The molecule has 0 bridgehead atoms. The van der Waals surface area contributed by atoms with Crippen LogP contribution in [-0.2, 0) is 10.0 Å². The van der Waals surface area contributed by atoms with E-state index in [1.165, 1.54) is 22.5 Å². The van der Waals surface area contributed by atoms with Gasteiger partial charge in [-0.05, 0) is 31.4 Å². The van der Waals surface area contributed by atoms with Gasteiger partial charge in [-0.2, -0.15) is 4.31 Å². The van der Waals surface area contributed by atoms with Crippen molar-refractivity contribution in [3.63, 3.8) is 0 Å². The molecule has 1 saturated heterocycles. The van der Waals surface area contributed by atoms with E-state index in [4.69, 9.17) is 0 Å². The number of sulfonamides is 1. The fourth-order valence-electron chi connectivity index (χ4n) is 2.28. The number of benzene rings is 1. The standard InChI is InChI=1S/C12H16N2O4S/c1-10-9-11(14(15)16)5-6-12(10)19(17,18)13-7-3-2-4-8-13/h5-6,9H,2-4,7-8H2,1H3. The Kier molecular flexibility index (Phi) is 3.86. The molecule has 1 heterocycles. The van der Waals surface area contributed by atoms with Crippen LogP contribution in [0.5, 0.6) is 0 Å². The van der Waals surface area contributed by atoms with Crippen LogP contribution in [0.15, 0.2) is 23.1 Å². The highest BCUT2D eigenvalue weighted by molar-refractivity contribution is 7.89. The van der Waals surface area contributed by atoms with E-state index in [2.05, 4.69) is 0 Å². The molecule has 0 spiro atoms. The van der Waals surface area contributed by atoms with Crippen LogP contribution >= 0.6 is 0 Å². The summed E-state index contributed by atoms with van der Waals surface area (Å²) in [6.45, 7) is 2.64. The fourth-order valence-corrected chi connectivity index (χ4v) is 4.00. The van der Waals surface area contributed by atoms with E-state index in [9.17, 15) is 18.5 Å². The zero-order chi connectivity index (χ0) is 14.0. The number of nitro benzene ring substituents is 1. The van der Waals surface area contributed by atoms with E-state index in [0.717, 1.165) is 19.3 Å². The van der Waals surface area contributed by atoms with Gasteiger partial charge in [0.15, 0.2) is 0 Å². The van der Waals surface area contributed by atoms with E-state index in [0.29, 0.717) is 18.7 Å². The average Bonchev–Trinajstić information content (AvgIpc) is 2.39. The lowest BCUT2D eigenvalue weighted by Gasteiger charge is -2.26. The molecule has 0 atom stereocenters. The minimum Gasteiger partial charge on any atom is -0.258 e. The molecule has 0 saturated carbocycles. The van der Waals surface area contributed by atoms with Crippen molar-refractivity contribution in [3.8, 4) is 0 Å². The van der Waals surface area contributed by atoms with Crippen molar-refractivity contribution in [3.05, 3.63) is 33.9 Å². The molecule has 0 unspecified atom stereocenters. The first kappa shape index (κ1) is 14.0. The van der Waals surface area contributed by atoms with Crippen LogP contribution in [-0.4, -0.2) is 30.7 Å². The number of nitro groups is 1. The molecule has 2 rings (SSSR count). The summed E-state index contributed by atoms with van der Waals surface area (Å²) >= 11 is 0. The lowest BCUT2D eigenvalue weighted by molar-refractivity contribution is -0.385. The van der Waals surface area contributed by atoms with E-state index in [1.807, 2.05) is 0 Å². The summed E-state index contributed by atoms with van der Waals surface area (Å²) in [4.78, 5) is 10.3. The Bertz CT molecular complexity index is 592. The molecule has 6 nitrogen and oxygen atoms in total. The second-order valence-corrected chi connectivity index (χ2v) is 6.58. The quantitative estimate of drug-likeness (QED) is 0.628. The summed E-state index contributed by atoms with van der Waals surface area (Å²) in [7, 11) is -3.52. The second kappa shape index (κ2) is 5.26. The van der Waals surface area contributed by atoms with Crippen LogP contribution in [0, 0.1) is 17.0 Å². The van der Waals surface area contributed by atoms with Crippen LogP contribution in [0.3, 0.4) is 0 Å². The summed E-state index contributed by atoms with van der Waals surface area (Å²) in [5.74, 6) is 0. The minimum absolute atomic E-state index is 0.0879. The van der Waals surface area contributed by atoms with Crippen LogP contribution in [0.25, 0.3) is 0 Å². The summed E-state index contributed by atoms with van der Waals surface area (Å²) < 4.78 is 26.4. The smallest absolute Gasteiger partial charge is 0.258 e. The predicted octanol–water partition coefficient (Wildman–Crippen LogP) is 2.08. The maximum atomic E-state index is 12.4. The van der Waals surface area contributed by atoms with Crippen molar-refractivity contribution in [2.24, 2.45) is 0 Å². The van der Waals surface area contributed by atoms with E-state index < -0.39 is 14.9 Å². The number of non-ortho nitro benzene ring substituents is 1. The Morgan fingerprint density at radius 3 is 2.37 bits per heavy atom. The van der Waals surface area contributed by atoms with Crippen LogP contribution in [0.1, 0.15) is 24.8 Å². The number of nitrogens with zero attached hydrogens (tertiary/aromatic N) is 2. The first-order chi connectivity index (χ1) is 8.93. The van der Waals surface area contributed by atoms with E-state index in [-0.39, 0.29) is 10.6 Å². The number of aryl methyl sites for hydroxylation is 1. The molecule has 0 aliphatic carbocycles. The molecule has 1 aliphatic heterocycles. The van der Waals surface area contributed by atoms with Crippen LogP contribution in [0.4, 0.5) is 5.69 Å². The van der Waals surface area contributed by atoms with E-state index in [1.54, 1.807) is 6.92 Å². The van der Waals surface area contributed by atoms with Crippen molar-refractivity contribution in [2.75, 3.05) is 13.1 Å². The molecule has 1 aliphatic rings. The largest absolute Gasteiger partial charge is 0.269 e. The molecule has 7 heteroatoms. The van der Waals surface area contributed by atoms with Gasteiger partial charge in [0.1, 0.15) is 0 Å². The predicted molar refractivity (Wildman–Crippen MR) is 70.4 cm³/mol. The summed E-state index contributed by atoms with van der Waals surface area (Å²) in [5, 5.41) is 10.7. The van der Waals surface area contributed by atoms with Gasteiger partial charge in [-0.1, -0.05) is 6.42 Å². The third kappa shape index (κ3) is 2.76. The molecule has 1 aromatic carbocycles. The number of hydrogen-bond donors (Lipinski definition) is 0. The topological polar surface area (TPSA) is 80.5 Å². The van der Waals surface area contributed by atoms with Gasteiger partial charge in [0.05, 0.1) is 9.82 Å². The molecule has 1 aromatic rings. The normalized spacial score (nSPS) is 17.3. The zero-order valence-electron chi connectivity index (χ0n) is 10.7. The summed E-state index contributed by atoms with van der Waals surface area (Å²) in [6.07, 6.45) is 2.78. The zero-order valence-corrected chi connectivity index (χ0v) is 11.5.